The van der Waals surface area contributed by atoms with Crippen molar-refractivity contribution in [3.63, 3.8) is 0 Å². The van der Waals surface area contributed by atoms with Crippen LogP contribution in [0, 0.1) is 0 Å². The minimum atomic E-state index is -0.420. The number of cyclic esters (lactones) is 1. The maximum atomic E-state index is 12.1. The highest BCUT2D eigenvalue weighted by atomic mass is 16.5. The molecule has 2 atom stereocenters. The summed E-state index contributed by atoms with van der Waals surface area (Å²) in [4.78, 5) is 14.4. The van der Waals surface area contributed by atoms with Gasteiger partial charge in [-0.2, -0.15) is 0 Å². The quantitative estimate of drug-likeness (QED) is 0.712. The Hall–Kier alpha value is -1.35. The van der Waals surface area contributed by atoms with E-state index in [1.165, 1.54) is 12.0 Å². The van der Waals surface area contributed by atoms with Gasteiger partial charge in [-0.1, -0.05) is 30.3 Å². The highest BCUT2D eigenvalue weighted by Crippen LogP contribution is 2.39. The fourth-order valence-corrected chi connectivity index (χ4v) is 3.21. The van der Waals surface area contributed by atoms with Gasteiger partial charge in [-0.3, -0.25) is 9.69 Å². The van der Waals surface area contributed by atoms with E-state index < -0.39 is 5.54 Å². The summed E-state index contributed by atoms with van der Waals surface area (Å²) in [6, 6.07) is 10.6. The number of hydrogen-bond acceptors (Lipinski definition) is 3. The number of fused-ring (bicyclic) bond motifs is 1. The van der Waals surface area contributed by atoms with Gasteiger partial charge in [0.1, 0.15) is 12.1 Å². The number of esters is 1. The van der Waals surface area contributed by atoms with E-state index in [0.29, 0.717) is 6.61 Å². The Balaban J connectivity index is 1.95. The molecule has 3 heteroatoms. The first kappa shape index (κ1) is 11.7. The Morgan fingerprint density at radius 1 is 1.28 bits per heavy atom. The van der Waals surface area contributed by atoms with Crippen LogP contribution in [0.2, 0.25) is 0 Å². The molecule has 2 saturated heterocycles. The Kier molecular flexibility index (Phi) is 2.86. The molecule has 3 nitrogen and oxygen atoms in total. The number of morpholine rings is 1. The lowest BCUT2D eigenvalue weighted by Gasteiger charge is -2.50. The first-order valence-electron chi connectivity index (χ1n) is 6.71. The highest BCUT2D eigenvalue weighted by Gasteiger charge is 2.49. The average Bonchev–Trinajstić information content (AvgIpc) is 2.41. The molecular formula is C15H19NO2. The smallest absolute Gasteiger partial charge is 0.326 e. The molecule has 0 amide bonds. The number of carbonyl (C=O) groups is 1. The van der Waals surface area contributed by atoms with Gasteiger partial charge in [-0.25, -0.2) is 0 Å². The van der Waals surface area contributed by atoms with Crippen LogP contribution in [0.1, 0.15) is 37.8 Å². The molecule has 0 spiro atoms. The summed E-state index contributed by atoms with van der Waals surface area (Å²) < 4.78 is 5.44. The molecule has 2 aliphatic heterocycles. The summed E-state index contributed by atoms with van der Waals surface area (Å²) in [6.07, 6.45) is 3.20. The molecule has 0 saturated carbocycles. The van der Waals surface area contributed by atoms with Crippen molar-refractivity contribution in [2.75, 3.05) is 13.2 Å². The van der Waals surface area contributed by atoms with E-state index in [1.807, 2.05) is 25.1 Å². The second kappa shape index (κ2) is 4.39. The monoisotopic (exact) mass is 245 g/mol. The van der Waals surface area contributed by atoms with E-state index >= 15 is 0 Å². The van der Waals surface area contributed by atoms with Gasteiger partial charge in [0.15, 0.2) is 0 Å². The molecule has 2 heterocycles. The molecule has 0 aliphatic carbocycles. The second-order valence-corrected chi connectivity index (χ2v) is 5.45. The van der Waals surface area contributed by atoms with Crippen LogP contribution >= 0.6 is 0 Å². The van der Waals surface area contributed by atoms with E-state index in [2.05, 4.69) is 17.0 Å². The molecule has 0 unspecified atom stereocenters. The van der Waals surface area contributed by atoms with Gasteiger partial charge in [0.2, 0.25) is 0 Å². The Morgan fingerprint density at radius 3 is 2.83 bits per heavy atom. The Bertz CT molecular complexity index is 445. The Morgan fingerprint density at radius 2 is 2.06 bits per heavy atom. The molecule has 1 aromatic rings. The number of piperidine rings is 1. The summed E-state index contributed by atoms with van der Waals surface area (Å²) in [6.45, 7) is 3.51. The van der Waals surface area contributed by atoms with Gasteiger partial charge in [-0.05, 0) is 38.3 Å². The Labute approximate surface area is 108 Å². The van der Waals surface area contributed by atoms with Crippen LogP contribution in [0.25, 0.3) is 0 Å². The van der Waals surface area contributed by atoms with Crippen LogP contribution in [0.15, 0.2) is 30.3 Å². The topological polar surface area (TPSA) is 29.5 Å². The van der Waals surface area contributed by atoms with E-state index in [0.717, 1.165) is 19.4 Å². The summed E-state index contributed by atoms with van der Waals surface area (Å²) in [5, 5.41) is 0. The van der Waals surface area contributed by atoms with Crippen LogP contribution in [0.5, 0.6) is 0 Å². The minimum Gasteiger partial charge on any atom is -0.462 e. The van der Waals surface area contributed by atoms with Crippen molar-refractivity contribution in [3.05, 3.63) is 35.9 Å². The molecule has 3 rings (SSSR count). The fourth-order valence-electron chi connectivity index (χ4n) is 3.21. The summed E-state index contributed by atoms with van der Waals surface area (Å²) in [5.74, 6) is -0.0469. The molecule has 1 aromatic carbocycles. The van der Waals surface area contributed by atoms with Crippen molar-refractivity contribution in [2.24, 2.45) is 0 Å². The zero-order valence-electron chi connectivity index (χ0n) is 10.8. The zero-order chi connectivity index (χ0) is 12.6. The highest BCUT2D eigenvalue weighted by molar-refractivity contribution is 5.81. The third-order valence-electron chi connectivity index (χ3n) is 4.32. The summed E-state index contributed by atoms with van der Waals surface area (Å²) >= 11 is 0. The van der Waals surface area contributed by atoms with Crippen molar-refractivity contribution in [1.29, 1.82) is 0 Å². The third-order valence-corrected chi connectivity index (χ3v) is 4.32. The molecule has 18 heavy (non-hydrogen) atoms. The van der Waals surface area contributed by atoms with Gasteiger partial charge in [0, 0.05) is 0 Å². The molecule has 0 bridgehead atoms. The fraction of sp³-hybridized carbons (Fsp3) is 0.533. The predicted octanol–water partition coefficient (Wildman–Crippen LogP) is 2.53. The summed E-state index contributed by atoms with van der Waals surface area (Å²) in [7, 11) is 0. The standard InChI is InChI=1S/C15H19NO2/c1-15-9-5-6-10-16(15)13(11-18-14(15)17)12-7-3-2-4-8-12/h2-4,7-8,13H,5-6,9-11H2,1H3/t13-,15-/m0/s1. The summed E-state index contributed by atoms with van der Waals surface area (Å²) in [5.41, 5.74) is 0.829. The normalized spacial score (nSPS) is 32.7. The van der Waals surface area contributed by atoms with Crippen LogP contribution < -0.4 is 0 Å². The van der Waals surface area contributed by atoms with Crippen molar-refractivity contribution in [1.82, 2.24) is 4.90 Å². The molecular weight excluding hydrogens is 226 g/mol. The molecule has 96 valence electrons. The van der Waals surface area contributed by atoms with Crippen molar-refractivity contribution >= 4 is 5.97 Å². The van der Waals surface area contributed by atoms with Crippen LogP contribution in [-0.2, 0) is 9.53 Å². The molecule has 0 aromatic heterocycles. The van der Waals surface area contributed by atoms with E-state index in [4.69, 9.17) is 4.74 Å². The maximum Gasteiger partial charge on any atom is 0.326 e. The zero-order valence-corrected chi connectivity index (χ0v) is 10.8. The number of carbonyl (C=O) groups excluding carboxylic acids is 1. The second-order valence-electron chi connectivity index (χ2n) is 5.45. The SMILES string of the molecule is C[C@@]12CCCCN1[C@H](c1ccccc1)COC2=O. The third kappa shape index (κ3) is 1.74. The van der Waals surface area contributed by atoms with E-state index in [-0.39, 0.29) is 12.0 Å². The predicted molar refractivity (Wildman–Crippen MR) is 69.1 cm³/mol. The lowest BCUT2D eigenvalue weighted by atomic mass is 9.84. The van der Waals surface area contributed by atoms with Crippen molar-refractivity contribution < 1.29 is 9.53 Å². The van der Waals surface area contributed by atoms with Crippen molar-refractivity contribution in [3.8, 4) is 0 Å². The molecule has 2 aliphatic rings. The number of ether oxygens (including phenoxy) is 1. The first-order chi connectivity index (χ1) is 8.72. The number of rotatable bonds is 1. The molecule has 0 radical (unpaired) electrons. The largest absolute Gasteiger partial charge is 0.462 e. The average molecular weight is 245 g/mol. The van der Waals surface area contributed by atoms with Gasteiger partial charge < -0.3 is 4.74 Å². The first-order valence-corrected chi connectivity index (χ1v) is 6.71. The number of nitrogens with zero attached hydrogens (tertiary/aromatic N) is 1. The van der Waals surface area contributed by atoms with Gasteiger partial charge in [0.25, 0.3) is 0 Å². The van der Waals surface area contributed by atoms with Gasteiger partial charge >= 0.3 is 5.97 Å². The minimum absolute atomic E-state index is 0.0469. The number of hydrogen-bond donors (Lipinski definition) is 0. The molecule has 2 fully saturated rings. The number of benzene rings is 1. The van der Waals surface area contributed by atoms with E-state index in [1.54, 1.807) is 0 Å². The van der Waals surface area contributed by atoms with Crippen LogP contribution in [0.4, 0.5) is 0 Å². The van der Waals surface area contributed by atoms with Gasteiger partial charge in [0.05, 0.1) is 6.04 Å². The van der Waals surface area contributed by atoms with Gasteiger partial charge in [-0.15, -0.1) is 0 Å². The lowest BCUT2D eigenvalue weighted by Crippen LogP contribution is -2.61. The van der Waals surface area contributed by atoms with Crippen molar-refractivity contribution in [2.45, 2.75) is 37.8 Å². The van der Waals surface area contributed by atoms with Crippen LogP contribution in [-0.4, -0.2) is 29.6 Å². The lowest BCUT2D eigenvalue weighted by molar-refractivity contribution is -0.178. The van der Waals surface area contributed by atoms with Crippen LogP contribution in [0.3, 0.4) is 0 Å². The van der Waals surface area contributed by atoms with E-state index in [9.17, 15) is 4.79 Å². The molecule has 0 N–H and O–H groups in total. The maximum absolute atomic E-state index is 12.1.